The summed E-state index contributed by atoms with van der Waals surface area (Å²) in [7, 11) is 3.24. The predicted molar refractivity (Wildman–Crippen MR) is 110 cm³/mol. The van der Waals surface area contributed by atoms with Crippen molar-refractivity contribution in [2.24, 2.45) is 5.92 Å². The molecule has 4 nitrogen and oxygen atoms in total. The highest BCUT2D eigenvalue weighted by Gasteiger charge is 2.30. The number of hydrogen-bond acceptors (Lipinski definition) is 4. The smallest absolute Gasteiger partial charge is 0.193 e. The predicted octanol–water partition coefficient (Wildman–Crippen LogP) is 4.28. The molecule has 1 saturated heterocycles. The van der Waals surface area contributed by atoms with E-state index in [2.05, 4.69) is 41.3 Å². The normalized spacial score (nSPS) is 19.1. The Morgan fingerprint density at radius 3 is 2.50 bits per heavy atom. The summed E-state index contributed by atoms with van der Waals surface area (Å²) in [5, 5.41) is 0. The number of piperidine rings is 1. The average Bonchev–Trinajstić information content (AvgIpc) is 3.05. The quantitative estimate of drug-likeness (QED) is 0.729. The summed E-state index contributed by atoms with van der Waals surface area (Å²) in [6, 6.07) is 14.4. The first kappa shape index (κ1) is 18.8. The molecule has 1 heterocycles. The molecule has 4 heteroatoms. The summed E-state index contributed by atoms with van der Waals surface area (Å²) in [6.07, 6.45) is 5.08. The summed E-state index contributed by atoms with van der Waals surface area (Å²) in [6.45, 7) is 3.15. The van der Waals surface area contributed by atoms with E-state index in [-0.39, 0.29) is 5.78 Å². The fourth-order valence-electron chi connectivity index (χ4n) is 4.31. The van der Waals surface area contributed by atoms with E-state index in [1.54, 1.807) is 20.3 Å². The lowest BCUT2D eigenvalue weighted by Gasteiger charge is -2.30. The Morgan fingerprint density at radius 1 is 1.07 bits per heavy atom. The molecule has 0 spiro atoms. The molecule has 0 unspecified atom stereocenters. The van der Waals surface area contributed by atoms with Gasteiger partial charge < -0.3 is 9.47 Å². The van der Waals surface area contributed by atoms with Gasteiger partial charge in [-0.15, -0.1) is 0 Å². The van der Waals surface area contributed by atoms with Crippen LogP contribution in [0.5, 0.6) is 11.5 Å². The van der Waals surface area contributed by atoms with Crippen LogP contribution >= 0.6 is 0 Å². The van der Waals surface area contributed by atoms with Crippen molar-refractivity contribution in [1.29, 1.82) is 0 Å². The van der Waals surface area contributed by atoms with E-state index in [1.807, 2.05) is 6.07 Å². The van der Waals surface area contributed by atoms with E-state index in [9.17, 15) is 4.79 Å². The van der Waals surface area contributed by atoms with Gasteiger partial charge in [0.15, 0.2) is 5.78 Å². The van der Waals surface area contributed by atoms with Gasteiger partial charge in [-0.25, -0.2) is 0 Å². The number of nitrogens with zero attached hydrogens (tertiary/aromatic N) is 1. The number of benzene rings is 2. The minimum atomic E-state index is 0.112. The number of rotatable bonds is 5. The molecule has 0 saturated carbocycles. The highest BCUT2D eigenvalue weighted by atomic mass is 16.5. The lowest BCUT2D eigenvalue weighted by Crippen LogP contribution is -2.32. The van der Waals surface area contributed by atoms with Gasteiger partial charge in [0, 0.05) is 24.6 Å². The van der Waals surface area contributed by atoms with Crippen molar-refractivity contribution in [2.45, 2.75) is 25.8 Å². The van der Waals surface area contributed by atoms with Gasteiger partial charge in [-0.3, -0.25) is 9.69 Å². The standard InChI is InChI=1S/C24H27NO3/c1-27-21-14-19-13-20(24(26)23(19)22(15-21)28-2)12-17-8-10-25(11-9-17)16-18-6-4-3-5-7-18/h3-7,12,14-15,17H,8-11,13,16H2,1-2H3/b20-12+. The number of allylic oxidation sites excluding steroid dienone is 2. The molecule has 28 heavy (non-hydrogen) atoms. The first-order chi connectivity index (χ1) is 13.7. The molecule has 4 rings (SSSR count). The molecule has 0 atom stereocenters. The molecule has 2 aliphatic rings. The second-order valence-electron chi connectivity index (χ2n) is 7.66. The van der Waals surface area contributed by atoms with Gasteiger partial charge in [0.1, 0.15) is 11.5 Å². The maximum Gasteiger partial charge on any atom is 0.193 e. The summed E-state index contributed by atoms with van der Waals surface area (Å²) in [5.41, 5.74) is 3.98. The molecule has 2 aromatic carbocycles. The maximum absolute atomic E-state index is 13.0. The van der Waals surface area contributed by atoms with Crippen molar-refractivity contribution in [1.82, 2.24) is 4.90 Å². The Hall–Kier alpha value is -2.59. The van der Waals surface area contributed by atoms with Gasteiger partial charge in [-0.1, -0.05) is 36.4 Å². The monoisotopic (exact) mass is 377 g/mol. The maximum atomic E-state index is 13.0. The number of Topliss-reactive ketones (excluding diaryl/α,β-unsaturated/α-hetero) is 1. The number of ether oxygens (including phenoxy) is 2. The van der Waals surface area contributed by atoms with Crippen molar-refractivity contribution < 1.29 is 14.3 Å². The summed E-state index contributed by atoms with van der Waals surface area (Å²) >= 11 is 0. The van der Waals surface area contributed by atoms with Crippen LogP contribution in [0, 0.1) is 5.92 Å². The molecule has 1 aliphatic carbocycles. The summed E-state index contributed by atoms with van der Waals surface area (Å²) in [5.74, 6) is 1.92. The van der Waals surface area contributed by atoms with E-state index < -0.39 is 0 Å². The minimum absolute atomic E-state index is 0.112. The van der Waals surface area contributed by atoms with Crippen LogP contribution in [0.4, 0.5) is 0 Å². The molecule has 2 aromatic rings. The van der Waals surface area contributed by atoms with Gasteiger partial charge in [0.05, 0.1) is 19.8 Å². The van der Waals surface area contributed by atoms with Gasteiger partial charge in [-0.2, -0.15) is 0 Å². The van der Waals surface area contributed by atoms with Crippen molar-refractivity contribution in [3.8, 4) is 11.5 Å². The van der Waals surface area contributed by atoms with Gasteiger partial charge in [-0.05, 0) is 49.0 Å². The zero-order valence-corrected chi connectivity index (χ0v) is 16.6. The number of carbonyl (C=O) groups is 1. The lowest BCUT2D eigenvalue weighted by atomic mass is 9.93. The second kappa shape index (κ2) is 8.19. The van der Waals surface area contributed by atoms with Crippen molar-refractivity contribution in [3.63, 3.8) is 0 Å². The molecule has 146 valence electrons. The number of carbonyl (C=O) groups excluding carboxylic acids is 1. The van der Waals surface area contributed by atoms with Crippen molar-refractivity contribution >= 4 is 5.78 Å². The number of fused-ring (bicyclic) bond motifs is 1. The molecule has 0 amide bonds. The summed E-state index contributed by atoms with van der Waals surface area (Å²) < 4.78 is 10.8. The highest BCUT2D eigenvalue weighted by molar-refractivity contribution is 6.15. The van der Waals surface area contributed by atoms with E-state index in [0.717, 1.165) is 49.4 Å². The Labute approximate surface area is 166 Å². The molecule has 1 fully saturated rings. The van der Waals surface area contributed by atoms with Crippen LogP contribution in [0.1, 0.15) is 34.3 Å². The zero-order valence-electron chi connectivity index (χ0n) is 16.6. The number of hydrogen-bond donors (Lipinski definition) is 0. The second-order valence-corrected chi connectivity index (χ2v) is 7.66. The van der Waals surface area contributed by atoms with Gasteiger partial charge in [0.2, 0.25) is 0 Å². The fourth-order valence-corrected chi connectivity index (χ4v) is 4.31. The average molecular weight is 377 g/mol. The highest BCUT2D eigenvalue weighted by Crippen LogP contribution is 2.38. The molecule has 0 radical (unpaired) electrons. The van der Waals surface area contributed by atoms with E-state index >= 15 is 0 Å². The van der Waals surface area contributed by atoms with Gasteiger partial charge >= 0.3 is 0 Å². The van der Waals surface area contributed by atoms with Crippen LogP contribution in [-0.4, -0.2) is 38.0 Å². The Morgan fingerprint density at radius 2 is 1.82 bits per heavy atom. The Balaban J connectivity index is 1.42. The number of likely N-dealkylation sites (tertiary alicyclic amines) is 1. The number of methoxy groups -OCH3 is 2. The third-order valence-corrected chi connectivity index (χ3v) is 5.83. The van der Waals surface area contributed by atoms with Gasteiger partial charge in [0.25, 0.3) is 0 Å². The molecule has 0 aromatic heterocycles. The Kier molecular flexibility index (Phi) is 5.49. The van der Waals surface area contributed by atoms with Crippen LogP contribution < -0.4 is 9.47 Å². The SMILES string of the molecule is COc1cc2c(c(OC)c1)C(=O)/C(=C/C1CCN(Cc3ccccc3)CC1)C2. The van der Waals surface area contributed by atoms with Crippen molar-refractivity contribution in [3.05, 3.63) is 70.8 Å². The first-order valence-electron chi connectivity index (χ1n) is 9.94. The van der Waals surface area contributed by atoms with Crippen LogP contribution in [0.15, 0.2) is 54.1 Å². The molecular formula is C24H27NO3. The topological polar surface area (TPSA) is 38.8 Å². The van der Waals surface area contributed by atoms with Crippen LogP contribution in [0.3, 0.4) is 0 Å². The van der Waals surface area contributed by atoms with Crippen molar-refractivity contribution in [2.75, 3.05) is 27.3 Å². The molecule has 1 aliphatic heterocycles. The fraction of sp³-hybridized carbons (Fsp3) is 0.375. The van der Waals surface area contributed by atoms with E-state index in [1.165, 1.54) is 5.56 Å². The molecular weight excluding hydrogens is 350 g/mol. The Bertz CT molecular complexity index is 880. The largest absolute Gasteiger partial charge is 0.497 e. The van der Waals surface area contributed by atoms with Crippen LogP contribution in [-0.2, 0) is 13.0 Å². The lowest BCUT2D eigenvalue weighted by molar-refractivity contribution is 0.103. The van der Waals surface area contributed by atoms with E-state index in [4.69, 9.17) is 9.47 Å². The number of ketones is 1. The third kappa shape index (κ3) is 3.83. The van der Waals surface area contributed by atoms with Crippen LogP contribution in [0.2, 0.25) is 0 Å². The minimum Gasteiger partial charge on any atom is -0.497 e. The molecule has 0 N–H and O–H groups in total. The van der Waals surface area contributed by atoms with Crippen LogP contribution in [0.25, 0.3) is 0 Å². The first-order valence-corrected chi connectivity index (χ1v) is 9.94. The molecule has 0 bridgehead atoms. The summed E-state index contributed by atoms with van der Waals surface area (Å²) in [4.78, 5) is 15.5. The third-order valence-electron chi connectivity index (χ3n) is 5.83. The van der Waals surface area contributed by atoms with E-state index in [0.29, 0.717) is 23.7 Å². The zero-order chi connectivity index (χ0) is 19.5.